The molecule has 0 aromatic heterocycles. The highest BCUT2D eigenvalue weighted by Crippen LogP contribution is 2.33. The Morgan fingerprint density at radius 1 is 1.00 bits per heavy atom. The predicted molar refractivity (Wildman–Crippen MR) is 139 cm³/mol. The molecule has 0 saturated heterocycles. The van der Waals surface area contributed by atoms with Gasteiger partial charge in [-0.25, -0.2) is 8.42 Å². The quantitative estimate of drug-likeness (QED) is 0.378. The number of nitrogens with zero attached hydrogens (tertiary/aromatic N) is 1. The maximum Gasteiger partial charge on any atom is 0.243 e. The van der Waals surface area contributed by atoms with Crippen LogP contribution < -0.4 is 10.1 Å². The van der Waals surface area contributed by atoms with Crippen LogP contribution in [0.25, 0.3) is 0 Å². The zero-order chi connectivity index (χ0) is 24.8. The number of para-hydroxylation sites is 1. The van der Waals surface area contributed by atoms with Gasteiger partial charge in [0, 0.05) is 11.1 Å². The summed E-state index contributed by atoms with van der Waals surface area (Å²) in [5, 5.41) is 3.25. The minimum absolute atomic E-state index is 0.192. The summed E-state index contributed by atoms with van der Waals surface area (Å²) in [6.07, 6.45) is 4.42. The van der Waals surface area contributed by atoms with Crippen LogP contribution in [0.2, 0.25) is 5.02 Å². The molecule has 0 spiro atoms. The van der Waals surface area contributed by atoms with E-state index in [0.29, 0.717) is 22.2 Å². The van der Waals surface area contributed by atoms with E-state index in [4.69, 9.17) is 16.3 Å². The highest BCUT2D eigenvalue weighted by atomic mass is 35.5. The standard InChI is InChI=1S/C27H29ClN2O4S/c1-20-12-15-24(16-13-20)35(32,33)30(22-8-4-2-5-9-22)19-27(31)29-25-18-21(28)14-17-26(25)34-23-10-6-3-7-11-23/h3,6-7,10-18,22H,2,4-5,8-9,19H2,1H3,(H,29,31). The Kier molecular flexibility index (Phi) is 8.11. The van der Waals surface area contributed by atoms with Crippen LogP contribution in [0, 0.1) is 6.92 Å². The molecule has 1 aliphatic carbocycles. The van der Waals surface area contributed by atoms with Crippen LogP contribution in [0.1, 0.15) is 37.7 Å². The van der Waals surface area contributed by atoms with Crippen molar-refractivity contribution in [3.63, 3.8) is 0 Å². The first-order chi connectivity index (χ1) is 16.8. The molecule has 35 heavy (non-hydrogen) atoms. The lowest BCUT2D eigenvalue weighted by molar-refractivity contribution is -0.116. The summed E-state index contributed by atoms with van der Waals surface area (Å²) in [5.41, 5.74) is 1.35. The van der Waals surface area contributed by atoms with Crippen molar-refractivity contribution in [3.05, 3.63) is 83.4 Å². The van der Waals surface area contributed by atoms with Crippen molar-refractivity contribution in [1.29, 1.82) is 0 Å². The van der Waals surface area contributed by atoms with E-state index in [1.165, 1.54) is 4.31 Å². The molecule has 3 aromatic carbocycles. The minimum Gasteiger partial charge on any atom is -0.455 e. The lowest BCUT2D eigenvalue weighted by atomic mass is 9.95. The zero-order valence-electron chi connectivity index (χ0n) is 19.6. The Balaban J connectivity index is 1.58. The van der Waals surface area contributed by atoms with E-state index in [1.54, 1.807) is 54.6 Å². The Morgan fingerprint density at radius 3 is 2.37 bits per heavy atom. The van der Waals surface area contributed by atoms with Crippen LogP contribution in [0.3, 0.4) is 0 Å². The van der Waals surface area contributed by atoms with E-state index >= 15 is 0 Å². The molecule has 0 unspecified atom stereocenters. The van der Waals surface area contributed by atoms with Crippen LogP contribution in [-0.4, -0.2) is 31.2 Å². The average Bonchev–Trinajstić information content (AvgIpc) is 2.85. The molecule has 1 N–H and O–H groups in total. The second kappa shape index (κ2) is 11.2. The van der Waals surface area contributed by atoms with Gasteiger partial charge in [-0.05, 0) is 62.2 Å². The van der Waals surface area contributed by atoms with Gasteiger partial charge < -0.3 is 10.1 Å². The summed E-state index contributed by atoms with van der Waals surface area (Å²) >= 11 is 6.18. The van der Waals surface area contributed by atoms with E-state index in [0.717, 1.165) is 37.7 Å². The fourth-order valence-corrected chi connectivity index (χ4v) is 6.07. The fraction of sp³-hybridized carbons (Fsp3) is 0.296. The van der Waals surface area contributed by atoms with Gasteiger partial charge >= 0.3 is 0 Å². The summed E-state index contributed by atoms with van der Waals surface area (Å²) in [6, 6.07) is 20.6. The molecular weight excluding hydrogens is 484 g/mol. The molecule has 6 nitrogen and oxygen atoms in total. The van der Waals surface area contributed by atoms with Gasteiger partial charge in [0.15, 0.2) is 5.75 Å². The molecule has 0 radical (unpaired) electrons. The van der Waals surface area contributed by atoms with E-state index < -0.39 is 15.9 Å². The van der Waals surface area contributed by atoms with Gasteiger partial charge in [-0.2, -0.15) is 4.31 Å². The summed E-state index contributed by atoms with van der Waals surface area (Å²) < 4.78 is 34.5. The molecule has 4 rings (SSSR count). The molecule has 1 saturated carbocycles. The van der Waals surface area contributed by atoms with Gasteiger partial charge in [0.05, 0.1) is 17.1 Å². The van der Waals surface area contributed by atoms with Crippen LogP contribution in [-0.2, 0) is 14.8 Å². The monoisotopic (exact) mass is 512 g/mol. The first-order valence-electron chi connectivity index (χ1n) is 11.7. The summed E-state index contributed by atoms with van der Waals surface area (Å²) in [5.74, 6) is 0.571. The van der Waals surface area contributed by atoms with Crippen molar-refractivity contribution in [3.8, 4) is 11.5 Å². The number of sulfonamides is 1. The van der Waals surface area contributed by atoms with Crippen LogP contribution >= 0.6 is 11.6 Å². The third-order valence-electron chi connectivity index (χ3n) is 6.10. The number of benzene rings is 3. The van der Waals surface area contributed by atoms with Crippen molar-refractivity contribution >= 4 is 33.2 Å². The smallest absolute Gasteiger partial charge is 0.243 e. The number of hydrogen-bond acceptors (Lipinski definition) is 4. The number of carbonyl (C=O) groups is 1. The molecule has 0 aliphatic heterocycles. The van der Waals surface area contributed by atoms with Crippen LogP contribution in [0.5, 0.6) is 11.5 Å². The number of hydrogen-bond donors (Lipinski definition) is 1. The topological polar surface area (TPSA) is 75.7 Å². The minimum atomic E-state index is -3.86. The highest BCUT2D eigenvalue weighted by Gasteiger charge is 2.34. The molecule has 184 valence electrons. The molecule has 1 amide bonds. The SMILES string of the molecule is Cc1ccc(S(=O)(=O)N(CC(=O)Nc2cc(Cl)ccc2Oc2ccccc2)C2CCCCC2)cc1. The second-order valence-corrected chi connectivity index (χ2v) is 11.1. The Hall–Kier alpha value is -2.87. The number of anilines is 1. The molecule has 3 aromatic rings. The fourth-order valence-electron chi connectivity index (χ4n) is 4.26. The maximum atomic E-state index is 13.6. The van der Waals surface area contributed by atoms with Crippen molar-refractivity contribution < 1.29 is 17.9 Å². The number of ether oxygens (including phenoxy) is 1. The van der Waals surface area contributed by atoms with Gasteiger partial charge in [-0.15, -0.1) is 0 Å². The van der Waals surface area contributed by atoms with Crippen molar-refractivity contribution in [1.82, 2.24) is 4.31 Å². The lowest BCUT2D eigenvalue weighted by Crippen LogP contribution is -2.45. The van der Waals surface area contributed by atoms with Crippen LogP contribution in [0.15, 0.2) is 77.7 Å². The Labute approximate surface area is 211 Å². The number of rotatable bonds is 8. The van der Waals surface area contributed by atoms with Gasteiger partial charge in [0.25, 0.3) is 0 Å². The molecule has 0 bridgehead atoms. The summed E-state index contributed by atoms with van der Waals surface area (Å²) in [7, 11) is -3.86. The van der Waals surface area contributed by atoms with E-state index in [1.807, 2.05) is 25.1 Å². The van der Waals surface area contributed by atoms with Crippen molar-refractivity contribution in [2.24, 2.45) is 0 Å². The Bertz CT molecular complexity index is 1260. The van der Waals surface area contributed by atoms with E-state index in [2.05, 4.69) is 5.32 Å². The molecular formula is C27H29ClN2O4S. The van der Waals surface area contributed by atoms with E-state index in [9.17, 15) is 13.2 Å². The third-order valence-corrected chi connectivity index (χ3v) is 8.24. The first-order valence-corrected chi connectivity index (χ1v) is 13.6. The van der Waals surface area contributed by atoms with Gasteiger partial charge in [0.2, 0.25) is 15.9 Å². The average molecular weight is 513 g/mol. The van der Waals surface area contributed by atoms with Crippen LogP contribution in [0.4, 0.5) is 5.69 Å². The number of aryl methyl sites for hydroxylation is 1. The second-order valence-electron chi connectivity index (χ2n) is 8.76. The zero-order valence-corrected chi connectivity index (χ0v) is 21.2. The van der Waals surface area contributed by atoms with Crippen molar-refractivity contribution in [2.75, 3.05) is 11.9 Å². The molecule has 0 atom stereocenters. The first kappa shape index (κ1) is 25.2. The summed E-state index contributed by atoms with van der Waals surface area (Å²) in [6.45, 7) is 1.61. The van der Waals surface area contributed by atoms with Gasteiger partial charge in [0.1, 0.15) is 5.75 Å². The largest absolute Gasteiger partial charge is 0.455 e. The maximum absolute atomic E-state index is 13.6. The number of carbonyl (C=O) groups excluding carboxylic acids is 1. The molecule has 1 aliphatic rings. The normalized spacial score (nSPS) is 14.6. The summed E-state index contributed by atoms with van der Waals surface area (Å²) in [4.78, 5) is 13.4. The number of halogens is 1. The van der Waals surface area contributed by atoms with Gasteiger partial charge in [-0.1, -0.05) is 66.8 Å². The molecule has 8 heteroatoms. The highest BCUT2D eigenvalue weighted by molar-refractivity contribution is 7.89. The predicted octanol–water partition coefficient (Wildman–Crippen LogP) is 6.40. The Morgan fingerprint density at radius 2 is 1.69 bits per heavy atom. The van der Waals surface area contributed by atoms with Gasteiger partial charge in [-0.3, -0.25) is 4.79 Å². The molecule has 0 heterocycles. The lowest BCUT2D eigenvalue weighted by Gasteiger charge is -2.33. The van der Waals surface area contributed by atoms with E-state index in [-0.39, 0.29) is 17.5 Å². The number of nitrogens with one attached hydrogen (secondary N) is 1. The molecule has 1 fully saturated rings. The third kappa shape index (κ3) is 6.42. The van der Waals surface area contributed by atoms with Crippen molar-refractivity contribution in [2.45, 2.75) is 50.0 Å². The number of amides is 1.